The maximum absolute atomic E-state index is 13.6. The smallest absolute Gasteiger partial charge is 0.275 e. The van der Waals surface area contributed by atoms with Crippen molar-refractivity contribution in [2.75, 3.05) is 11.4 Å². The van der Waals surface area contributed by atoms with E-state index in [-0.39, 0.29) is 23.8 Å². The minimum atomic E-state index is -0.917. The number of hydrogen-bond donors (Lipinski definition) is 1. The van der Waals surface area contributed by atoms with Gasteiger partial charge in [0.15, 0.2) is 0 Å². The number of carbonyl (C=O) groups excluding carboxylic acids is 2. The average molecular weight is 434 g/mol. The molecule has 2 amide bonds. The number of aromatic nitrogens is 1. The molecule has 1 aromatic heterocycles. The molecule has 2 heterocycles. The normalized spacial score (nSPS) is 14.6. The molecule has 0 saturated heterocycles. The number of anilines is 1. The molecule has 1 N–H and O–H groups in total. The van der Waals surface area contributed by atoms with Gasteiger partial charge < -0.3 is 5.32 Å². The van der Waals surface area contributed by atoms with Gasteiger partial charge in [0.2, 0.25) is 5.91 Å². The van der Waals surface area contributed by atoms with Gasteiger partial charge >= 0.3 is 0 Å². The van der Waals surface area contributed by atoms with E-state index in [0.29, 0.717) is 17.0 Å². The first-order valence-corrected chi connectivity index (χ1v) is 10.7. The van der Waals surface area contributed by atoms with Gasteiger partial charge in [0.05, 0.1) is 6.54 Å². The van der Waals surface area contributed by atoms with Crippen LogP contribution in [-0.4, -0.2) is 40.9 Å². The van der Waals surface area contributed by atoms with Gasteiger partial charge in [-0.2, -0.15) is 0 Å². The predicted octanol–water partition coefficient (Wildman–Crippen LogP) is 3.85. The van der Waals surface area contributed by atoms with E-state index in [1.165, 1.54) is 11.2 Å². The molecule has 1 unspecified atom stereocenters. The number of rotatable bonds is 5. The summed E-state index contributed by atoms with van der Waals surface area (Å²) >= 11 is 0. The van der Waals surface area contributed by atoms with E-state index in [9.17, 15) is 9.59 Å². The third kappa shape index (κ3) is 5.46. The molecule has 0 spiro atoms. The molecule has 1 atom stereocenters. The van der Waals surface area contributed by atoms with Gasteiger partial charge in [0.25, 0.3) is 5.91 Å². The molecule has 1 aliphatic rings. The molecular formula is C25H31N5O2. The Morgan fingerprint density at radius 2 is 1.72 bits per heavy atom. The number of amides is 2. The van der Waals surface area contributed by atoms with Gasteiger partial charge in [-0.05, 0) is 49.9 Å². The Morgan fingerprint density at radius 1 is 1.03 bits per heavy atom. The number of benzene rings is 1. The molecule has 0 radical (unpaired) electrons. The lowest BCUT2D eigenvalue weighted by atomic mass is 9.87. The monoisotopic (exact) mass is 433 g/mol. The molecular weight excluding hydrogens is 402 g/mol. The number of nitrogens with one attached hydrogen (secondary N) is 1. The average Bonchev–Trinajstić information content (AvgIpc) is 3.25. The van der Waals surface area contributed by atoms with E-state index in [2.05, 4.69) is 41.1 Å². The lowest BCUT2D eigenvalue weighted by Crippen LogP contribution is -2.51. The fraction of sp³-hybridized carbons (Fsp3) is 0.400. The molecule has 7 nitrogen and oxygen atoms in total. The Labute approximate surface area is 189 Å². The summed E-state index contributed by atoms with van der Waals surface area (Å²) in [5, 5.41) is 3.02. The minimum absolute atomic E-state index is 0.0386. The van der Waals surface area contributed by atoms with Crippen molar-refractivity contribution in [1.29, 1.82) is 0 Å². The molecule has 2 aromatic rings. The van der Waals surface area contributed by atoms with Gasteiger partial charge in [-0.15, -0.1) is 0 Å². The first kappa shape index (κ1) is 23.3. The summed E-state index contributed by atoms with van der Waals surface area (Å²) in [6, 6.07) is 10.4. The molecule has 1 aromatic carbocycles. The zero-order valence-electron chi connectivity index (χ0n) is 19.6. The quantitative estimate of drug-likeness (QED) is 0.777. The lowest BCUT2D eigenvalue weighted by Gasteiger charge is -2.34. The predicted molar refractivity (Wildman–Crippen MR) is 128 cm³/mol. The zero-order chi connectivity index (χ0) is 23.5. The summed E-state index contributed by atoms with van der Waals surface area (Å²) in [5.41, 5.74) is 2.13. The summed E-state index contributed by atoms with van der Waals surface area (Å²) in [6.07, 6.45) is 4.63. The highest BCUT2D eigenvalue weighted by Crippen LogP contribution is 2.31. The molecule has 0 saturated carbocycles. The molecule has 3 rings (SSSR count). The maximum atomic E-state index is 13.6. The highest BCUT2D eigenvalue weighted by molar-refractivity contribution is 6.46. The summed E-state index contributed by atoms with van der Waals surface area (Å²) in [6.45, 7) is 12.3. The van der Waals surface area contributed by atoms with Crippen LogP contribution in [0, 0.1) is 0 Å². The Hall–Kier alpha value is -3.35. The van der Waals surface area contributed by atoms with E-state index in [1.54, 1.807) is 24.5 Å². The molecule has 0 aliphatic carbocycles. The van der Waals surface area contributed by atoms with Crippen LogP contribution in [0.1, 0.15) is 58.7 Å². The Morgan fingerprint density at radius 3 is 2.22 bits per heavy atom. The fourth-order valence-corrected chi connectivity index (χ4v) is 3.44. The second kappa shape index (κ2) is 9.02. The van der Waals surface area contributed by atoms with Gasteiger partial charge in [-0.25, -0.2) is 4.99 Å². The van der Waals surface area contributed by atoms with E-state index >= 15 is 0 Å². The van der Waals surface area contributed by atoms with Crippen molar-refractivity contribution in [3.8, 4) is 0 Å². The lowest BCUT2D eigenvalue weighted by molar-refractivity contribution is -0.126. The van der Waals surface area contributed by atoms with Crippen LogP contribution in [-0.2, 0) is 15.0 Å². The Bertz CT molecular complexity index is 1030. The van der Waals surface area contributed by atoms with Crippen molar-refractivity contribution in [1.82, 2.24) is 10.3 Å². The van der Waals surface area contributed by atoms with Gasteiger partial charge in [-0.1, -0.05) is 39.0 Å². The minimum Gasteiger partial charge on any atom is -0.349 e. The first-order chi connectivity index (χ1) is 15.0. The van der Waals surface area contributed by atoms with Gasteiger partial charge in [-0.3, -0.25) is 24.5 Å². The molecule has 1 aliphatic heterocycles. The summed E-state index contributed by atoms with van der Waals surface area (Å²) in [7, 11) is 0. The zero-order valence-corrected chi connectivity index (χ0v) is 19.6. The van der Waals surface area contributed by atoms with E-state index in [1.807, 2.05) is 45.0 Å². The van der Waals surface area contributed by atoms with Crippen LogP contribution in [0.15, 0.2) is 58.8 Å². The molecule has 7 heteroatoms. The van der Waals surface area contributed by atoms with E-state index in [4.69, 9.17) is 0 Å². The summed E-state index contributed by atoms with van der Waals surface area (Å²) in [5.74, 6) is -0.651. The largest absolute Gasteiger partial charge is 0.349 e. The standard InChI is InChI=1S/C25H31N5O2/c1-24(2,3)18-9-11-19(12-10-18)30(23(32)20-15-27-16-28-20)21(17-8-7-13-26-14-17)22(31)29-25(4,5)6/h7-14,16,21H,15H2,1-6H3,(H,29,31). The first-order valence-electron chi connectivity index (χ1n) is 10.7. The second-order valence-electron chi connectivity index (χ2n) is 9.93. The van der Waals surface area contributed by atoms with Gasteiger partial charge in [0.1, 0.15) is 18.1 Å². The molecule has 32 heavy (non-hydrogen) atoms. The van der Waals surface area contributed by atoms with Gasteiger partial charge in [0, 0.05) is 29.2 Å². The van der Waals surface area contributed by atoms with Crippen molar-refractivity contribution in [2.45, 2.75) is 58.5 Å². The van der Waals surface area contributed by atoms with Crippen LogP contribution >= 0.6 is 0 Å². The molecule has 0 fully saturated rings. The van der Waals surface area contributed by atoms with E-state index in [0.717, 1.165) is 5.56 Å². The van der Waals surface area contributed by atoms with Crippen LogP contribution in [0.4, 0.5) is 5.69 Å². The number of hydrogen-bond acceptors (Lipinski definition) is 5. The summed E-state index contributed by atoms with van der Waals surface area (Å²) < 4.78 is 0. The van der Waals surface area contributed by atoms with Crippen molar-refractivity contribution in [2.24, 2.45) is 9.98 Å². The molecule has 0 bridgehead atoms. The third-order valence-corrected chi connectivity index (χ3v) is 5.02. The second-order valence-corrected chi connectivity index (χ2v) is 9.93. The van der Waals surface area contributed by atoms with Crippen molar-refractivity contribution in [3.63, 3.8) is 0 Å². The SMILES string of the molecule is CC(C)(C)NC(=O)C(c1cccnc1)N(C(=O)C1=NC=NC1)c1ccc(C(C)(C)C)cc1. The van der Waals surface area contributed by atoms with Crippen molar-refractivity contribution >= 4 is 29.6 Å². The highest BCUT2D eigenvalue weighted by atomic mass is 16.2. The van der Waals surface area contributed by atoms with Crippen molar-refractivity contribution in [3.05, 3.63) is 59.9 Å². The van der Waals surface area contributed by atoms with Crippen molar-refractivity contribution < 1.29 is 9.59 Å². The number of nitrogens with zero attached hydrogens (tertiary/aromatic N) is 4. The topological polar surface area (TPSA) is 87.0 Å². The summed E-state index contributed by atoms with van der Waals surface area (Å²) in [4.78, 5) is 41.0. The number of pyridine rings is 1. The van der Waals surface area contributed by atoms with Crippen LogP contribution in [0.2, 0.25) is 0 Å². The van der Waals surface area contributed by atoms with Crippen LogP contribution in [0.3, 0.4) is 0 Å². The Balaban J connectivity index is 2.13. The Kier molecular flexibility index (Phi) is 6.57. The van der Waals surface area contributed by atoms with Crippen LogP contribution in [0.5, 0.6) is 0 Å². The highest BCUT2D eigenvalue weighted by Gasteiger charge is 2.36. The van der Waals surface area contributed by atoms with E-state index < -0.39 is 11.6 Å². The van der Waals surface area contributed by atoms with Crippen LogP contribution in [0.25, 0.3) is 0 Å². The number of aliphatic imine (C=N–C) groups is 2. The number of carbonyl (C=O) groups is 2. The maximum Gasteiger partial charge on any atom is 0.275 e. The fourth-order valence-electron chi connectivity index (χ4n) is 3.44. The van der Waals surface area contributed by atoms with Crippen LogP contribution < -0.4 is 10.2 Å². The molecule has 168 valence electrons. The third-order valence-electron chi connectivity index (χ3n) is 5.02.